The van der Waals surface area contributed by atoms with Gasteiger partial charge in [0.2, 0.25) is 5.91 Å². The van der Waals surface area contributed by atoms with Gasteiger partial charge in [0.15, 0.2) is 0 Å². The van der Waals surface area contributed by atoms with Gasteiger partial charge in [-0.2, -0.15) is 0 Å². The van der Waals surface area contributed by atoms with Crippen LogP contribution >= 0.6 is 0 Å². The standard InChI is InChI=1S/C18H23N3O2/c1-3-18(22)21(12-7-11-20-13-10-19-15-20)14-16-8-5-6-9-17(16)23-4-2/h3,5-6,8-10,13,15H,1,4,7,11-12,14H2,2H3. The fourth-order valence-electron chi connectivity index (χ4n) is 2.40. The fraction of sp³-hybridized carbons (Fsp3) is 0.333. The number of ether oxygens (including phenoxy) is 1. The minimum Gasteiger partial charge on any atom is -0.494 e. The van der Waals surface area contributed by atoms with Crippen molar-refractivity contribution < 1.29 is 9.53 Å². The quantitative estimate of drug-likeness (QED) is 0.669. The molecule has 0 saturated heterocycles. The molecule has 1 heterocycles. The smallest absolute Gasteiger partial charge is 0.246 e. The lowest BCUT2D eigenvalue weighted by atomic mass is 10.1. The molecule has 2 rings (SSSR count). The van der Waals surface area contributed by atoms with Gasteiger partial charge in [-0.1, -0.05) is 24.8 Å². The molecular formula is C18H23N3O2. The van der Waals surface area contributed by atoms with Crippen LogP contribution in [0.5, 0.6) is 5.75 Å². The molecule has 2 aromatic rings. The molecule has 0 saturated carbocycles. The Labute approximate surface area is 137 Å². The molecule has 0 aliphatic heterocycles. The van der Waals surface area contributed by atoms with Crippen LogP contribution < -0.4 is 4.74 Å². The Bertz CT molecular complexity index is 623. The number of rotatable bonds is 9. The van der Waals surface area contributed by atoms with Crippen molar-refractivity contribution in [3.63, 3.8) is 0 Å². The summed E-state index contributed by atoms with van der Waals surface area (Å²) < 4.78 is 7.64. The highest BCUT2D eigenvalue weighted by atomic mass is 16.5. The SMILES string of the molecule is C=CC(=O)N(CCCn1ccnc1)Cc1ccccc1OCC. The molecule has 0 N–H and O–H groups in total. The van der Waals surface area contributed by atoms with Gasteiger partial charge >= 0.3 is 0 Å². The first-order valence-corrected chi connectivity index (χ1v) is 7.82. The van der Waals surface area contributed by atoms with E-state index in [0.29, 0.717) is 19.7 Å². The Hall–Kier alpha value is -2.56. The largest absolute Gasteiger partial charge is 0.494 e. The first-order chi connectivity index (χ1) is 11.2. The molecule has 1 aromatic carbocycles. The maximum Gasteiger partial charge on any atom is 0.246 e. The number of nitrogens with zero attached hydrogens (tertiary/aromatic N) is 3. The minimum absolute atomic E-state index is 0.0677. The molecule has 0 unspecified atom stereocenters. The normalized spacial score (nSPS) is 10.3. The van der Waals surface area contributed by atoms with Crippen molar-refractivity contribution in [1.82, 2.24) is 14.5 Å². The van der Waals surface area contributed by atoms with Gasteiger partial charge < -0.3 is 14.2 Å². The predicted octanol–water partition coefficient (Wildman–Crippen LogP) is 2.89. The van der Waals surface area contributed by atoms with Gasteiger partial charge in [-0.3, -0.25) is 4.79 Å². The molecule has 0 spiro atoms. The monoisotopic (exact) mass is 313 g/mol. The maximum atomic E-state index is 12.1. The summed E-state index contributed by atoms with van der Waals surface area (Å²) in [4.78, 5) is 17.9. The van der Waals surface area contributed by atoms with E-state index in [2.05, 4.69) is 11.6 Å². The molecule has 0 radical (unpaired) electrons. The molecule has 0 atom stereocenters. The van der Waals surface area contributed by atoms with Crippen LogP contribution in [0, 0.1) is 0 Å². The highest BCUT2D eigenvalue weighted by Gasteiger charge is 2.13. The Kier molecular flexibility index (Phi) is 6.41. The molecule has 0 aliphatic rings. The number of carbonyl (C=O) groups is 1. The summed E-state index contributed by atoms with van der Waals surface area (Å²) >= 11 is 0. The zero-order valence-electron chi connectivity index (χ0n) is 13.5. The predicted molar refractivity (Wildman–Crippen MR) is 90.1 cm³/mol. The van der Waals surface area contributed by atoms with Gasteiger partial charge in [0.05, 0.1) is 12.9 Å². The molecule has 0 aliphatic carbocycles. The number of hydrogen-bond donors (Lipinski definition) is 0. The van der Waals surface area contributed by atoms with E-state index >= 15 is 0 Å². The highest BCUT2D eigenvalue weighted by molar-refractivity contribution is 5.87. The number of imidazole rings is 1. The van der Waals surface area contributed by atoms with Gasteiger partial charge in [-0.25, -0.2) is 4.98 Å². The van der Waals surface area contributed by atoms with Crippen molar-refractivity contribution in [3.05, 3.63) is 61.2 Å². The molecule has 1 amide bonds. The summed E-state index contributed by atoms with van der Waals surface area (Å²) in [6.07, 6.45) is 7.67. The second-order valence-electron chi connectivity index (χ2n) is 5.16. The van der Waals surface area contributed by atoms with E-state index in [0.717, 1.165) is 24.3 Å². The first-order valence-electron chi connectivity index (χ1n) is 7.82. The zero-order valence-corrected chi connectivity index (χ0v) is 13.5. The van der Waals surface area contributed by atoms with Gasteiger partial charge in [-0.05, 0) is 25.5 Å². The van der Waals surface area contributed by atoms with Crippen molar-refractivity contribution >= 4 is 5.91 Å². The van der Waals surface area contributed by atoms with E-state index in [-0.39, 0.29) is 5.91 Å². The molecule has 5 nitrogen and oxygen atoms in total. The van der Waals surface area contributed by atoms with Crippen LogP contribution in [0.1, 0.15) is 18.9 Å². The van der Waals surface area contributed by atoms with Crippen LogP contribution in [-0.4, -0.2) is 33.5 Å². The van der Waals surface area contributed by atoms with Gasteiger partial charge in [0.1, 0.15) is 5.75 Å². The van der Waals surface area contributed by atoms with Crippen LogP contribution in [0.4, 0.5) is 0 Å². The third-order valence-electron chi connectivity index (χ3n) is 3.52. The fourth-order valence-corrected chi connectivity index (χ4v) is 2.40. The molecular weight excluding hydrogens is 290 g/mol. The highest BCUT2D eigenvalue weighted by Crippen LogP contribution is 2.20. The van der Waals surface area contributed by atoms with Crippen molar-refractivity contribution in [3.8, 4) is 5.75 Å². The second-order valence-corrected chi connectivity index (χ2v) is 5.16. The lowest BCUT2D eigenvalue weighted by Crippen LogP contribution is -2.30. The average Bonchev–Trinajstić information content (AvgIpc) is 3.08. The van der Waals surface area contributed by atoms with Crippen molar-refractivity contribution in [2.24, 2.45) is 0 Å². The van der Waals surface area contributed by atoms with Crippen LogP contribution in [0.3, 0.4) is 0 Å². The van der Waals surface area contributed by atoms with E-state index < -0.39 is 0 Å². The summed E-state index contributed by atoms with van der Waals surface area (Å²) in [5, 5.41) is 0. The minimum atomic E-state index is -0.0677. The number of amides is 1. The maximum absolute atomic E-state index is 12.1. The van der Waals surface area contributed by atoms with E-state index in [1.54, 1.807) is 17.4 Å². The average molecular weight is 313 g/mol. The zero-order chi connectivity index (χ0) is 16.5. The van der Waals surface area contributed by atoms with Crippen LogP contribution in [0.25, 0.3) is 0 Å². The summed E-state index contributed by atoms with van der Waals surface area (Å²) in [7, 11) is 0. The first kappa shape index (κ1) is 16.8. The van der Waals surface area contributed by atoms with Crippen molar-refractivity contribution in [2.75, 3.05) is 13.2 Å². The molecule has 0 fully saturated rings. The summed E-state index contributed by atoms with van der Waals surface area (Å²) in [6, 6.07) is 7.82. The van der Waals surface area contributed by atoms with Crippen molar-refractivity contribution in [2.45, 2.75) is 26.4 Å². The third-order valence-corrected chi connectivity index (χ3v) is 3.52. The van der Waals surface area contributed by atoms with E-state index in [1.807, 2.05) is 42.0 Å². The van der Waals surface area contributed by atoms with Gasteiger partial charge in [-0.15, -0.1) is 0 Å². The summed E-state index contributed by atoms with van der Waals surface area (Å²) in [5.41, 5.74) is 1.01. The number of hydrogen-bond acceptors (Lipinski definition) is 3. The van der Waals surface area contributed by atoms with E-state index in [4.69, 9.17) is 4.74 Å². The number of benzene rings is 1. The number of aromatic nitrogens is 2. The van der Waals surface area contributed by atoms with Gasteiger partial charge in [0.25, 0.3) is 0 Å². The lowest BCUT2D eigenvalue weighted by molar-refractivity contribution is -0.126. The lowest BCUT2D eigenvalue weighted by Gasteiger charge is -2.22. The molecule has 122 valence electrons. The summed E-state index contributed by atoms with van der Waals surface area (Å²) in [6.45, 7) is 8.16. The third kappa shape index (κ3) is 4.98. The molecule has 23 heavy (non-hydrogen) atoms. The number of aryl methyl sites for hydroxylation is 1. The Morgan fingerprint density at radius 2 is 2.26 bits per heavy atom. The van der Waals surface area contributed by atoms with Gasteiger partial charge in [0, 0.05) is 37.6 Å². The molecule has 0 bridgehead atoms. The Balaban J connectivity index is 2.00. The van der Waals surface area contributed by atoms with E-state index in [9.17, 15) is 4.79 Å². The van der Waals surface area contributed by atoms with E-state index in [1.165, 1.54) is 6.08 Å². The summed E-state index contributed by atoms with van der Waals surface area (Å²) in [5.74, 6) is 0.758. The number of para-hydroxylation sites is 1. The van der Waals surface area contributed by atoms with Crippen molar-refractivity contribution in [1.29, 1.82) is 0 Å². The van der Waals surface area contributed by atoms with Crippen LogP contribution in [0.2, 0.25) is 0 Å². The molecule has 1 aromatic heterocycles. The Morgan fingerprint density at radius 3 is 2.96 bits per heavy atom. The van der Waals surface area contributed by atoms with Crippen LogP contribution in [0.15, 0.2) is 55.6 Å². The second kappa shape index (κ2) is 8.78. The topological polar surface area (TPSA) is 47.4 Å². The van der Waals surface area contributed by atoms with Crippen LogP contribution in [-0.2, 0) is 17.9 Å². The Morgan fingerprint density at radius 1 is 1.43 bits per heavy atom. The molecule has 5 heteroatoms. The number of carbonyl (C=O) groups excluding carboxylic acids is 1.